The number of hydrogen-bond acceptors (Lipinski definition) is 6. The van der Waals surface area contributed by atoms with Crippen LogP contribution in [0, 0.1) is 5.82 Å². The third-order valence-electron chi connectivity index (χ3n) is 8.31. The summed E-state index contributed by atoms with van der Waals surface area (Å²) in [6, 6.07) is 9.72. The first-order valence-electron chi connectivity index (χ1n) is 13.3. The molecular weight excluding hydrogens is 593 g/mol. The molecule has 2 atom stereocenters. The van der Waals surface area contributed by atoms with E-state index in [1.54, 1.807) is 31.2 Å². The number of pyridine rings is 1. The number of benzene rings is 2. The molecule has 8 nitrogen and oxygen atoms in total. The molecule has 5 rings (SSSR count). The van der Waals surface area contributed by atoms with E-state index >= 15 is 8.78 Å². The van der Waals surface area contributed by atoms with Crippen LogP contribution in [0.2, 0.25) is 10.0 Å². The molecule has 1 fully saturated rings. The van der Waals surface area contributed by atoms with E-state index in [4.69, 9.17) is 32.7 Å². The number of nitrogens with zero attached hydrogens (tertiary/aromatic N) is 2. The largest absolute Gasteiger partial charge is 0.478 e. The summed E-state index contributed by atoms with van der Waals surface area (Å²) in [5, 5.41) is 22.0. The lowest BCUT2D eigenvalue weighted by molar-refractivity contribution is -0.155. The SMILES string of the molecule is CC[C@@](O)(c1cc(F)c2c(c1)C(=O)N(Cc1ncc(Cl)cc1C(=O)O)[C@@]2(OC)c1ccc(Cl)cc1)C1(F)CCOCC1. The van der Waals surface area contributed by atoms with E-state index in [1.165, 1.54) is 25.4 Å². The van der Waals surface area contributed by atoms with Gasteiger partial charge in [-0.3, -0.25) is 14.7 Å². The fourth-order valence-corrected chi connectivity index (χ4v) is 6.37. The van der Waals surface area contributed by atoms with E-state index in [2.05, 4.69) is 4.98 Å². The van der Waals surface area contributed by atoms with Crippen molar-refractivity contribution < 1.29 is 38.1 Å². The molecule has 0 saturated carbocycles. The van der Waals surface area contributed by atoms with Gasteiger partial charge in [0.15, 0.2) is 5.72 Å². The molecule has 1 aromatic heterocycles. The van der Waals surface area contributed by atoms with Crippen molar-refractivity contribution in [3.05, 3.63) is 98.0 Å². The summed E-state index contributed by atoms with van der Waals surface area (Å²) in [5.74, 6) is -2.99. The van der Waals surface area contributed by atoms with Gasteiger partial charge in [-0.1, -0.05) is 42.3 Å². The Bertz CT molecular complexity index is 1550. The number of aromatic nitrogens is 1. The summed E-state index contributed by atoms with van der Waals surface area (Å²) in [6.07, 6.45) is 0.928. The van der Waals surface area contributed by atoms with E-state index in [1.807, 2.05) is 0 Å². The minimum Gasteiger partial charge on any atom is -0.478 e. The van der Waals surface area contributed by atoms with E-state index in [9.17, 15) is 19.8 Å². The Hall–Kier alpha value is -3.15. The number of aliphatic hydroxyl groups is 1. The minimum atomic E-state index is -2.12. The fourth-order valence-electron chi connectivity index (χ4n) is 6.09. The minimum absolute atomic E-state index is 0.0287. The standard InChI is InChI=1S/C30H28Cl2F2N2O6/c1-3-29(40,28(34)8-10-42-11-9-28)18-12-22-25(23(33)13-18)30(41-2,17-4-6-19(31)7-5-17)36(26(22)37)16-24-21(27(38)39)14-20(32)15-35-24/h4-7,12-15,40H,3,8-11,16H2,1-2H3,(H,38,39)/t29-,30-/m1/s1. The summed E-state index contributed by atoms with van der Waals surface area (Å²) in [4.78, 5) is 31.5. The molecule has 2 aliphatic heterocycles. The maximum absolute atomic E-state index is 16.4. The zero-order valence-corrected chi connectivity index (χ0v) is 24.3. The summed E-state index contributed by atoms with van der Waals surface area (Å²) < 4.78 is 44.0. The van der Waals surface area contributed by atoms with Crippen molar-refractivity contribution in [3.63, 3.8) is 0 Å². The number of ether oxygens (including phenoxy) is 2. The highest BCUT2D eigenvalue weighted by molar-refractivity contribution is 6.31. The Morgan fingerprint density at radius 2 is 1.83 bits per heavy atom. The first-order chi connectivity index (χ1) is 19.9. The van der Waals surface area contributed by atoms with E-state index in [-0.39, 0.29) is 65.4 Å². The van der Waals surface area contributed by atoms with Gasteiger partial charge in [0.25, 0.3) is 5.91 Å². The number of carboxylic acids is 1. The first kappa shape index (κ1) is 30.3. The van der Waals surface area contributed by atoms with Gasteiger partial charge in [0.1, 0.15) is 17.1 Å². The topological polar surface area (TPSA) is 109 Å². The number of carboxylic acid groups (broad SMARTS) is 1. The molecule has 2 N–H and O–H groups in total. The van der Waals surface area contributed by atoms with E-state index in [0.717, 1.165) is 11.0 Å². The predicted octanol–water partition coefficient (Wildman–Crippen LogP) is 5.85. The summed E-state index contributed by atoms with van der Waals surface area (Å²) in [6.45, 7) is 1.34. The third-order valence-corrected chi connectivity index (χ3v) is 8.77. The second-order valence-electron chi connectivity index (χ2n) is 10.4. The molecule has 0 aliphatic carbocycles. The second-order valence-corrected chi connectivity index (χ2v) is 11.2. The van der Waals surface area contributed by atoms with Gasteiger partial charge < -0.3 is 19.7 Å². The van der Waals surface area contributed by atoms with Crippen LogP contribution >= 0.6 is 23.2 Å². The summed E-state index contributed by atoms with van der Waals surface area (Å²) in [7, 11) is 1.28. The molecule has 12 heteroatoms. The number of fused-ring (bicyclic) bond motifs is 1. The first-order valence-corrected chi connectivity index (χ1v) is 14.0. The van der Waals surface area contributed by atoms with Gasteiger partial charge in [-0.05, 0) is 42.3 Å². The van der Waals surface area contributed by atoms with Gasteiger partial charge in [0, 0.05) is 49.9 Å². The fraction of sp³-hybridized carbons (Fsp3) is 0.367. The van der Waals surface area contributed by atoms with Crippen molar-refractivity contribution in [2.24, 2.45) is 0 Å². The van der Waals surface area contributed by atoms with Gasteiger partial charge in [-0.25, -0.2) is 13.6 Å². The van der Waals surface area contributed by atoms with Crippen molar-refractivity contribution in [2.45, 2.75) is 49.7 Å². The molecule has 42 heavy (non-hydrogen) atoms. The lowest BCUT2D eigenvalue weighted by Gasteiger charge is -2.44. The Balaban J connectivity index is 1.73. The van der Waals surface area contributed by atoms with E-state index < -0.39 is 41.2 Å². The van der Waals surface area contributed by atoms with Crippen LogP contribution in [0.25, 0.3) is 0 Å². The number of hydrogen-bond donors (Lipinski definition) is 2. The molecule has 0 unspecified atom stereocenters. The molecule has 3 aromatic rings. The Morgan fingerprint density at radius 1 is 1.17 bits per heavy atom. The number of carbonyl (C=O) groups is 2. The van der Waals surface area contributed by atoms with Crippen molar-refractivity contribution in [1.82, 2.24) is 9.88 Å². The second kappa shape index (κ2) is 11.2. The summed E-state index contributed by atoms with van der Waals surface area (Å²) >= 11 is 12.1. The maximum atomic E-state index is 16.4. The number of aromatic carboxylic acids is 1. The third kappa shape index (κ3) is 4.66. The van der Waals surface area contributed by atoms with Crippen molar-refractivity contribution in [2.75, 3.05) is 20.3 Å². The molecule has 222 valence electrons. The number of alkyl halides is 1. The highest BCUT2D eigenvalue weighted by Gasteiger charge is 2.57. The molecule has 0 spiro atoms. The zero-order chi connectivity index (χ0) is 30.4. The van der Waals surface area contributed by atoms with Crippen LogP contribution in [-0.2, 0) is 27.3 Å². The van der Waals surface area contributed by atoms with Crippen LogP contribution in [0.3, 0.4) is 0 Å². The average Bonchev–Trinajstić information content (AvgIpc) is 3.22. The lowest BCUT2D eigenvalue weighted by atomic mass is 9.72. The molecular formula is C30H28Cl2F2N2O6. The quantitative estimate of drug-likeness (QED) is 0.325. The number of amides is 1. The van der Waals surface area contributed by atoms with Crippen molar-refractivity contribution >= 4 is 35.1 Å². The van der Waals surface area contributed by atoms with Crippen LogP contribution in [0.1, 0.15) is 69.3 Å². The number of rotatable bonds is 8. The predicted molar refractivity (Wildman–Crippen MR) is 150 cm³/mol. The molecule has 0 radical (unpaired) electrons. The van der Waals surface area contributed by atoms with Crippen LogP contribution in [0.5, 0.6) is 0 Å². The Morgan fingerprint density at radius 3 is 2.43 bits per heavy atom. The van der Waals surface area contributed by atoms with Gasteiger partial charge in [0.2, 0.25) is 0 Å². The normalized spacial score (nSPS) is 21.2. The molecule has 1 amide bonds. The van der Waals surface area contributed by atoms with Gasteiger partial charge in [-0.2, -0.15) is 0 Å². The number of carbonyl (C=O) groups excluding carboxylic acids is 1. The molecule has 1 saturated heterocycles. The Labute approximate surface area is 250 Å². The van der Waals surface area contributed by atoms with Crippen LogP contribution in [0.4, 0.5) is 8.78 Å². The smallest absolute Gasteiger partial charge is 0.337 e. The molecule has 0 bridgehead atoms. The molecule has 2 aromatic carbocycles. The number of methoxy groups -OCH3 is 1. The van der Waals surface area contributed by atoms with Crippen LogP contribution in [-0.4, -0.2) is 58.0 Å². The molecule has 2 aliphatic rings. The maximum Gasteiger partial charge on any atom is 0.337 e. The lowest BCUT2D eigenvalue weighted by Crippen LogP contribution is -2.51. The van der Waals surface area contributed by atoms with Crippen molar-refractivity contribution in [1.29, 1.82) is 0 Å². The Kier molecular flexibility index (Phi) is 8.06. The monoisotopic (exact) mass is 620 g/mol. The highest BCUT2D eigenvalue weighted by Crippen LogP contribution is 2.51. The molecule has 3 heterocycles. The zero-order valence-electron chi connectivity index (χ0n) is 22.8. The van der Waals surface area contributed by atoms with Gasteiger partial charge >= 0.3 is 5.97 Å². The van der Waals surface area contributed by atoms with Crippen molar-refractivity contribution in [3.8, 4) is 0 Å². The highest BCUT2D eigenvalue weighted by atomic mass is 35.5. The van der Waals surface area contributed by atoms with E-state index in [0.29, 0.717) is 10.6 Å². The average molecular weight is 621 g/mol. The van der Waals surface area contributed by atoms with Crippen LogP contribution < -0.4 is 0 Å². The van der Waals surface area contributed by atoms with Gasteiger partial charge in [-0.15, -0.1) is 0 Å². The summed E-state index contributed by atoms with van der Waals surface area (Å²) in [5.41, 5.74) is -6.56. The van der Waals surface area contributed by atoms with Crippen LogP contribution in [0.15, 0.2) is 48.7 Å². The number of halogens is 4. The van der Waals surface area contributed by atoms with Gasteiger partial charge in [0.05, 0.1) is 34.0 Å².